The first-order valence-corrected chi connectivity index (χ1v) is 15.4. The van der Waals surface area contributed by atoms with Gasteiger partial charge in [-0.05, 0) is 6.42 Å². The van der Waals surface area contributed by atoms with Gasteiger partial charge in [-0.3, -0.25) is 23.7 Å². The second-order valence-electron chi connectivity index (χ2n) is 9.99. The number of primary amides is 1. The molecule has 11 nitrogen and oxygen atoms in total. The van der Waals surface area contributed by atoms with Crippen molar-refractivity contribution in [2.75, 3.05) is 13.1 Å². The fourth-order valence-corrected chi connectivity index (χ4v) is 5.11. The van der Waals surface area contributed by atoms with E-state index in [2.05, 4.69) is 6.92 Å². The van der Waals surface area contributed by atoms with E-state index < -0.39 is 58.0 Å². The van der Waals surface area contributed by atoms with E-state index in [4.69, 9.17) is 5.73 Å². The van der Waals surface area contributed by atoms with Gasteiger partial charge in [0, 0.05) is 13.1 Å². The molecule has 0 aliphatic carbocycles. The summed E-state index contributed by atoms with van der Waals surface area (Å²) in [6.07, 6.45) is 17.0. The second-order valence-corrected chi connectivity index (χ2v) is 11.6. The summed E-state index contributed by atoms with van der Waals surface area (Å²) in [5.74, 6) is -7.78. The van der Waals surface area contributed by atoms with Crippen LogP contribution in [0.2, 0.25) is 0 Å². The number of carboxylic acid groups (broad SMARTS) is 2. The molecule has 5 N–H and O–H groups in total. The summed E-state index contributed by atoms with van der Waals surface area (Å²) in [7, 11) is -5.03. The van der Waals surface area contributed by atoms with Crippen molar-refractivity contribution in [2.24, 2.45) is 11.7 Å². The summed E-state index contributed by atoms with van der Waals surface area (Å²) in [4.78, 5) is 47.4. The number of nitrogens with zero attached hydrogens (tertiary/aromatic N) is 1. The zero-order valence-corrected chi connectivity index (χ0v) is 35.6. The topological polar surface area (TPSA) is 192 Å². The first-order valence-electron chi connectivity index (χ1n) is 13.9. The number of hydrogen-bond donors (Lipinski definition) is 4. The van der Waals surface area contributed by atoms with E-state index in [1.807, 2.05) is 0 Å². The largest absolute Gasteiger partial charge is 1.00 e. The van der Waals surface area contributed by atoms with Gasteiger partial charge in [0.15, 0.2) is 11.2 Å². The summed E-state index contributed by atoms with van der Waals surface area (Å²) in [6.45, 7) is 1.31. The van der Waals surface area contributed by atoms with Gasteiger partial charge in [0.1, 0.15) is 0 Å². The Morgan fingerprint density at radius 1 is 0.690 bits per heavy atom. The first-order chi connectivity index (χ1) is 17.9. The Bertz CT molecular complexity index is 842. The number of unbranched alkanes of at least 4 members (excludes halogenated alkanes) is 15. The van der Waals surface area contributed by atoms with Crippen molar-refractivity contribution in [2.45, 2.75) is 121 Å². The molecule has 0 spiro atoms. The first kappa shape index (κ1) is 53.3. The van der Waals surface area contributed by atoms with E-state index >= 15 is 0 Å². The van der Waals surface area contributed by atoms with Gasteiger partial charge in [0.2, 0.25) is 11.8 Å². The number of aliphatic carboxylic acids is 2. The zero-order valence-electron chi connectivity index (χ0n) is 30.8. The van der Waals surface area contributed by atoms with E-state index in [9.17, 15) is 42.4 Å². The van der Waals surface area contributed by atoms with Gasteiger partial charge in [-0.25, -0.2) is 0 Å². The monoisotopic (exact) mass is 660 g/mol. The Morgan fingerprint density at radius 2 is 1.02 bits per heavy atom. The molecule has 0 aliphatic heterocycles. The molecule has 230 valence electrons. The summed E-state index contributed by atoms with van der Waals surface area (Å²) >= 11 is 0. The number of hydrogen-bond acceptors (Lipinski definition) is 6. The Hall–Kier alpha value is 1.79. The minimum atomic E-state index is -5.03. The molecule has 0 saturated heterocycles. The molecule has 0 heterocycles. The molecular weight excluding hydrogens is 608 g/mol. The second kappa shape index (κ2) is 32.7. The summed E-state index contributed by atoms with van der Waals surface area (Å²) in [5, 5.41) is 16.1. The number of rotatable bonds is 25. The van der Waals surface area contributed by atoms with Crippen LogP contribution in [0.3, 0.4) is 0 Å². The molecule has 0 saturated carbocycles. The summed E-state index contributed by atoms with van der Waals surface area (Å²) in [6, 6.07) is 0. The van der Waals surface area contributed by atoms with Crippen molar-refractivity contribution in [3.05, 3.63) is 0 Å². The average molecular weight is 661 g/mol. The predicted octanol–water partition coefficient (Wildman–Crippen LogP) is -7.54. The molecule has 0 fully saturated rings. The minimum Gasteiger partial charge on any atom is -1.00 e. The van der Waals surface area contributed by atoms with E-state index in [-0.39, 0.29) is 130 Å². The molecule has 0 radical (unpaired) electrons. The molecule has 16 heteroatoms. The van der Waals surface area contributed by atoms with Crippen LogP contribution >= 0.6 is 0 Å². The van der Waals surface area contributed by atoms with Crippen molar-refractivity contribution in [1.29, 1.82) is 0 Å². The molecule has 0 bridgehead atoms. The molecule has 0 aliphatic rings. The third kappa shape index (κ3) is 28.0. The third-order valence-electron chi connectivity index (χ3n) is 6.61. The van der Waals surface area contributed by atoms with Crippen LogP contribution < -0.4 is 124 Å². The molecule has 0 aromatic heterocycles. The summed E-state index contributed by atoms with van der Waals surface area (Å²) in [5.41, 5.74) is 4.99. The van der Waals surface area contributed by atoms with Crippen LogP contribution in [0.25, 0.3) is 0 Å². The van der Waals surface area contributed by atoms with E-state index in [0.29, 0.717) is 12.8 Å². The van der Waals surface area contributed by atoms with E-state index in [1.165, 1.54) is 64.2 Å². The maximum Gasteiger partial charge on any atom is 1.00 e. The van der Waals surface area contributed by atoms with Gasteiger partial charge in [-0.1, -0.05) is 103 Å². The molecule has 42 heavy (non-hydrogen) atoms. The Morgan fingerprint density at radius 3 is 1.31 bits per heavy atom. The van der Waals surface area contributed by atoms with Crippen LogP contribution in [0.4, 0.5) is 0 Å². The molecule has 1 unspecified atom stereocenters. The number of nitrogens with two attached hydrogens (primary N) is 1. The van der Waals surface area contributed by atoms with Gasteiger partial charge < -0.3 is 26.6 Å². The predicted molar refractivity (Wildman–Crippen MR) is 148 cm³/mol. The van der Waals surface area contributed by atoms with Crippen molar-refractivity contribution < 1.29 is 166 Å². The SMILES string of the molecule is CCCCCCCCCCCCCCCCCCN(CC(C(=O)O)C(=O)O)C(=O)C(CC(N)=O)S(=O)(=O)O.[H-].[H-].[H-].[H-].[Na+].[Na+].[Na+].[Na+]. The Labute approximate surface area is 346 Å². The molecule has 0 aromatic carbocycles. The zero-order chi connectivity index (χ0) is 29.0. The Kier molecular flexibility index (Phi) is 41.5. The smallest absolute Gasteiger partial charge is 1.00 e. The van der Waals surface area contributed by atoms with Crippen molar-refractivity contribution in [3.63, 3.8) is 0 Å². The standard InChI is InChI=1S/C26H48N2O9S.4Na.4H/c1-2-3-4-5-6-7-8-9-10-11-12-13-14-15-16-17-18-28(20-21(25(31)32)26(33)34)24(30)22(19-23(27)29)38(35,36)37;;;;;;;;/h21-22H,2-20H2,1H3,(H2,27,29)(H,31,32)(H,33,34)(H,35,36,37);;;;;;;;/q;4*+1;4*-1. The number of carbonyl (C=O) groups excluding carboxylic acids is 2. The van der Waals surface area contributed by atoms with Crippen LogP contribution in [0.5, 0.6) is 0 Å². The van der Waals surface area contributed by atoms with Gasteiger partial charge in [0.25, 0.3) is 10.1 Å². The average Bonchev–Trinajstić information content (AvgIpc) is 2.82. The summed E-state index contributed by atoms with van der Waals surface area (Å²) < 4.78 is 32.7. The molecular formula is C26H52N2Na4O9S. The maximum absolute atomic E-state index is 12.8. The van der Waals surface area contributed by atoms with Crippen molar-refractivity contribution >= 4 is 33.9 Å². The molecule has 0 rings (SSSR count). The van der Waals surface area contributed by atoms with Gasteiger partial charge in [0.05, 0.1) is 6.42 Å². The molecule has 1 atom stereocenters. The maximum atomic E-state index is 12.8. The van der Waals surface area contributed by atoms with Crippen molar-refractivity contribution in [1.82, 2.24) is 4.90 Å². The van der Waals surface area contributed by atoms with Crippen LogP contribution in [-0.4, -0.2) is 70.2 Å². The normalized spacial score (nSPS) is 11.2. The molecule has 0 aromatic rings. The van der Waals surface area contributed by atoms with Gasteiger partial charge in [-0.15, -0.1) is 0 Å². The number of carbonyl (C=O) groups is 4. The minimum absolute atomic E-state index is 0. The van der Waals surface area contributed by atoms with Crippen molar-refractivity contribution in [3.8, 4) is 0 Å². The van der Waals surface area contributed by atoms with Gasteiger partial charge in [-0.2, -0.15) is 8.42 Å². The van der Waals surface area contributed by atoms with Crippen LogP contribution in [-0.2, 0) is 29.3 Å². The van der Waals surface area contributed by atoms with Crippen LogP contribution in [0.1, 0.15) is 122 Å². The van der Waals surface area contributed by atoms with E-state index in [0.717, 1.165) is 30.6 Å². The van der Waals surface area contributed by atoms with Crippen LogP contribution in [0.15, 0.2) is 0 Å². The fraction of sp³-hybridized carbons (Fsp3) is 0.846. The number of carboxylic acids is 2. The van der Waals surface area contributed by atoms with Gasteiger partial charge >= 0.3 is 130 Å². The van der Waals surface area contributed by atoms with Crippen LogP contribution in [0, 0.1) is 5.92 Å². The third-order valence-corrected chi connectivity index (χ3v) is 7.70. The molecule has 2 amide bonds. The Balaban J connectivity index is -0.000000244. The fourth-order valence-electron chi connectivity index (χ4n) is 4.33. The number of amides is 2. The van der Waals surface area contributed by atoms with E-state index in [1.54, 1.807) is 0 Å². The quantitative estimate of drug-likeness (QED) is 0.0319.